The molecule has 2 unspecified atom stereocenters. The van der Waals surface area contributed by atoms with Gasteiger partial charge in [-0.1, -0.05) is 267 Å². The van der Waals surface area contributed by atoms with E-state index in [0.717, 1.165) is 78.4 Å². The lowest BCUT2D eigenvalue weighted by Crippen LogP contribution is -2.27. The first-order valence-corrected chi connectivity index (χ1v) is 27.4. The van der Waals surface area contributed by atoms with Crippen molar-refractivity contribution in [3.05, 3.63) is 325 Å². The summed E-state index contributed by atoms with van der Waals surface area (Å²) in [6.07, 6.45) is 0. The summed E-state index contributed by atoms with van der Waals surface area (Å²) < 4.78 is 0. The van der Waals surface area contributed by atoms with Gasteiger partial charge in [-0.2, -0.15) is 0 Å². The Kier molecular flexibility index (Phi) is 11.6. The molecule has 0 radical (unpaired) electrons. The van der Waals surface area contributed by atoms with Crippen LogP contribution in [0.4, 0.5) is 0 Å². The molecule has 0 spiro atoms. The van der Waals surface area contributed by atoms with E-state index in [2.05, 4.69) is 279 Å². The summed E-state index contributed by atoms with van der Waals surface area (Å²) in [4.78, 5) is 21.4. The highest BCUT2D eigenvalue weighted by atomic mass is 14.9. The highest BCUT2D eigenvalue weighted by molar-refractivity contribution is 5.87. The number of benzene rings is 11. The lowest BCUT2D eigenvalue weighted by atomic mass is 9.60. The lowest BCUT2D eigenvalue weighted by molar-refractivity contribution is 0.755. The maximum Gasteiger partial charge on any atom is 0.160 e. The molecule has 3 aliphatic rings. The van der Waals surface area contributed by atoms with Gasteiger partial charge in [0.25, 0.3) is 0 Å². The standard InChI is InChI=1S/C76H50N4/c1-5-19-49(20-6-1)51-33-37-53(38-34-51)59-27-13-15-29-61(59)71-47-69(77-75(79-71)55-23-9-3-10-24-55)57-41-43-65-67(45-57)73-63-31-17-18-32-64(63)74(65)68-46-58(42-44-66(68)73)70-48-72(80-76(78-70)56-25-11-4-12-26-56)62-30-16-14-28-60(62)54-39-35-52(36-40-54)50-21-7-2-8-22-50/h1-48,73-74H. The second kappa shape index (κ2) is 19.9. The molecule has 0 fully saturated rings. The van der Waals surface area contributed by atoms with Crippen molar-refractivity contribution < 1.29 is 0 Å². The molecule has 2 atom stereocenters. The first-order chi connectivity index (χ1) is 39.6. The van der Waals surface area contributed by atoms with Gasteiger partial charge in [0, 0.05) is 45.2 Å². The zero-order chi connectivity index (χ0) is 52.9. The molecule has 0 amide bonds. The average molecular weight is 1020 g/mol. The third-order valence-electron chi connectivity index (χ3n) is 16.2. The molecule has 2 bridgehead atoms. The van der Waals surface area contributed by atoms with Gasteiger partial charge in [-0.05, 0) is 102 Å². The Morgan fingerprint density at radius 1 is 0.175 bits per heavy atom. The van der Waals surface area contributed by atoms with Gasteiger partial charge in [0.1, 0.15) is 0 Å². The van der Waals surface area contributed by atoms with Crippen LogP contribution in [0.1, 0.15) is 45.2 Å². The number of hydrogen-bond donors (Lipinski definition) is 0. The molecule has 2 heterocycles. The minimum Gasteiger partial charge on any atom is -0.228 e. The van der Waals surface area contributed by atoms with Crippen molar-refractivity contribution in [1.29, 1.82) is 0 Å². The van der Waals surface area contributed by atoms with E-state index in [0.29, 0.717) is 11.6 Å². The third kappa shape index (κ3) is 8.42. The molecule has 11 aromatic carbocycles. The molecule has 374 valence electrons. The third-order valence-corrected chi connectivity index (χ3v) is 16.2. The van der Waals surface area contributed by atoms with Crippen molar-refractivity contribution in [3.63, 3.8) is 0 Å². The lowest BCUT2D eigenvalue weighted by Gasteiger charge is -2.42. The second-order valence-corrected chi connectivity index (χ2v) is 20.8. The van der Waals surface area contributed by atoms with Gasteiger partial charge in [0.15, 0.2) is 11.6 Å². The zero-order valence-corrected chi connectivity index (χ0v) is 43.7. The van der Waals surface area contributed by atoms with Crippen LogP contribution in [-0.4, -0.2) is 19.9 Å². The largest absolute Gasteiger partial charge is 0.228 e. The van der Waals surface area contributed by atoms with Gasteiger partial charge in [0.05, 0.1) is 22.8 Å². The van der Waals surface area contributed by atoms with E-state index < -0.39 is 0 Å². The Balaban J connectivity index is 0.823. The minimum absolute atomic E-state index is 0.0330. The number of rotatable bonds is 10. The van der Waals surface area contributed by atoms with E-state index in [1.54, 1.807) is 0 Å². The minimum atomic E-state index is 0.0330. The average Bonchev–Trinajstić information content (AvgIpc) is 3.61. The molecular formula is C76H50N4. The Morgan fingerprint density at radius 2 is 0.450 bits per heavy atom. The van der Waals surface area contributed by atoms with E-state index in [1.807, 2.05) is 12.1 Å². The molecule has 80 heavy (non-hydrogen) atoms. The van der Waals surface area contributed by atoms with Crippen molar-refractivity contribution in [1.82, 2.24) is 19.9 Å². The smallest absolute Gasteiger partial charge is 0.160 e. The molecule has 0 saturated carbocycles. The van der Waals surface area contributed by atoms with Crippen molar-refractivity contribution in [3.8, 4) is 112 Å². The summed E-state index contributed by atoms with van der Waals surface area (Å²) in [6, 6.07) is 104. The van der Waals surface area contributed by atoms with Gasteiger partial charge >= 0.3 is 0 Å². The summed E-state index contributed by atoms with van der Waals surface area (Å²) in [5.74, 6) is 1.45. The van der Waals surface area contributed by atoms with Crippen LogP contribution in [0, 0.1) is 0 Å². The van der Waals surface area contributed by atoms with Crippen LogP contribution >= 0.6 is 0 Å². The van der Waals surface area contributed by atoms with Crippen LogP contribution in [0.25, 0.3) is 112 Å². The predicted molar refractivity (Wildman–Crippen MR) is 327 cm³/mol. The molecule has 2 aromatic heterocycles. The molecule has 3 aliphatic carbocycles. The fourth-order valence-corrected chi connectivity index (χ4v) is 12.3. The van der Waals surface area contributed by atoms with Crippen molar-refractivity contribution in [2.75, 3.05) is 0 Å². The highest BCUT2D eigenvalue weighted by Gasteiger charge is 2.41. The van der Waals surface area contributed by atoms with Crippen molar-refractivity contribution in [2.45, 2.75) is 11.8 Å². The maximum absolute atomic E-state index is 5.36. The molecule has 16 rings (SSSR count). The fraction of sp³-hybridized carbons (Fsp3) is 0.0263. The van der Waals surface area contributed by atoms with Gasteiger partial charge in [-0.3, -0.25) is 0 Å². The Bertz CT molecular complexity index is 4150. The Labute approximate surface area is 466 Å². The van der Waals surface area contributed by atoms with Crippen LogP contribution in [-0.2, 0) is 0 Å². The summed E-state index contributed by atoms with van der Waals surface area (Å²) in [5.41, 5.74) is 27.0. The summed E-state index contributed by atoms with van der Waals surface area (Å²) >= 11 is 0. The van der Waals surface area contributed by atoms with E-state index in [1.165, 1.54) is 55.6 Å². The highest BCUT2D eigenvalue weighted by Crippen LogP contribution is 2.57. The van der Waals surface area contributed by atoms with Crippen LogP contribution < -0.4 is 0 Å². The Morgan fingerprint density at radius 3 is 0.838 bits per heavy atom. The van der Waals surface area contributed by atoms with E-state index in [4.69, 9.17) is 19.9 Å². The van der Waals surface area contributed by atoms with Crippen LogP contribution in [0.15, 0.2) is 291 Å². The molecule has 4 heteroatoms. The number of aromatic nitrogens is 4. The molecule has 0 saturated heterocycles. The first kappa shape index (κ1) is 46.8. The SMILES string of the molecule is c1ccc(-c2ccc(-c3ccccc3-c3cc(-c4ccc5c(c4)C4c6ccccc6C5c5cc(-c6cc(-c7ccccc7-c7ccc(-c8ccccc8)cc7)nc(-c7ccccc7)n6)ccc54)nc(-c4ccccc4)n3)cc2)cc1. The maximum atomic E-state index is 5.36. The quantitative estimate of drug-likeness (QED) is 0.137. The normalized spacial score (nSPS) is 13.8. The Hall–Kier alpha value is -10.4. The second-order valence-electron chi connectivity index (χ2n) is 20.8. The van der Waals surface area contributed by atoms with Gasteiger partial charge in [0.2, 0.25) is 0 Å². The molecule has 13 aromatic rings. The van der Waals surface area contributed by atoms with Crippen LogP contribution in [0.5, 0.6) is 0 Å². The fourth-order valence-electron chi connectivity index (χ4n) is 12.3. The van der Waals surface area contributed by atoms with Gasteiger partial charge < -0.3 is 0 Å². The molecular weight excluding hydrogens is 969 g/mol. The topological polar surface area (TPSA) is 51.6 Å². The number of hydrogen-bond acceptors (Lipinski definition) is 4. The van der Waals surface area contributed by atoms with Gasteiger partial charge in [-0.25, -0.2) is 19.9 Å². The summed E-state index contributed by atoms with van der Waals surface area (Å²) in [5, 5.41) is 0. The van der Waals surface area contributed by atoms with E-state index in [9.17, 15) is 0 Å². The van der Waals surface area contributed by atoms with Crippen LogP contribution in [0.2, 0.25) is 0 Å². The molecule has 0 N–H and O–H groups in total. The summed E-state index contributed by atoms with van der Waals surface area (Å²) in [7, 11) is 0. The van der Waals surface area contributed by atoms with E-state index >= 15 is 0 Å². The van der Waals surface area contributed by atoms with E-state index in [-0.39, 0.29) is 11.8 Å². The van der Waals surface area contributed by atoms with Gasteiger partial charge in [-0.15, -0.1) is 0 Å². The molecule has 4 nitrogen and oxygen atoms in total. The number of nitrogens with zero attached hydrogens (tertiary/aromatic N) is 4. The first-order valence-electron chi connectivity index (χ1n) is 27.4. The molecule has 0 aliphatic heterocycles. The van der Waals surface area contributed by atoms with Crippen molar-refractivity contribution >= 4 is 0 Å². The predicted octanol–water partition coefficient (Wildman–Crippen LogP) is 18.9. The monoisotopic (exact) mass is 1020 g/mol. The zero-order valence-electron chi connectivity index (χ0n) is 43.7. The summed E-state index contributed by atoms with van der Waals surface area (Å²) in [6.45, 7) is 0. The van der Waals surface area contributed by atoms with Crippen molar-refractivity contribution in [2.24, 2.45) is 0 Å². The van der Waals surface area contributed by atoms with Crippen LogP contribution in [0.3, 0.4) is 0 Å².